The van der Waals surface area contributed by atoms with Crippen molar-refractivity contribution in [3.8, 4) is 0 Å². The van der Waals surface area contributed by atoms with Crippen molar-refractivity contribution in [1.29, 1.82) is 0 Å². The van der Waals surface area contributed by atoms with Crippen LogP contribution in [-0.2, 0) is 29.0 Å². The van der Waals surface area contributed by atoms with E-state index in [0.717, 1.165) is 64.2 Å². The van der Waals surface area contributed by atoms with Gasteiger partial charge < -0.3 is 15.5 Å². The minimum atomic E-state index is -3.56. The van der Waals surface area contributed by atoms with Crippen molar-refractivity contribution in [2.75, 3.05) is 18.8 Å². The number of hydrogen-bond donors (Lipinski definition) is 2. The van der Waals surface area contributed by atoms with Crippen LogP contribution in [0.5, 0.6) is 0 Å². The number of amides is 3. The zero-order chi connectivity index (χ0) is 36.0. The first-order valence-electron chi connectivity index (χ1n) is 19.2. The van der Waals surface area contributed by atoms with Crippen LogP contribution >= 0.6 is 0 Å². The molecule has 5 aliphatic rings. The third-order valence-electron chi connectivity index (χ3n) is 13.9. The van der Waals surface area contributed by atoms with Crippen LogP contribution in [0.2, 0.25) is 0 Å². The summed E-state index contributed by atoms with van der Waals surface area (Å²) in [7, 11) is -3.56. The van der Waals surface area contributed by atoms with Crippen LogP contribution in [0.4, 0.5) is 0 Å². The maximum atomic E-state index is 15.5. The lowest BCUT2D eigenvalue weighted by atomic mass is 9.54. The molecule has 4 aliphatic carbocycles. The molecule has 3 amide bonds. The Morgan fingerprint density at radius 2 is 1.55 bits per heavy atom. The van der Waals surface area contributed by atoms with E-state index in [1.54, 1.807) is 4.90 Å². The Balaban J connectivity index is 1.51. The van der Waals surface area contributed by atoms with Crippen LogP contribution in [-0.4, -0.2) is 72.5 Å². The molecule has 0 aromatic rings. The summed E-state index contributed by atoms with van der Waals surface area (Å²) < 4.78 is 27.6. The van der Waals surface area contributed by atoms with E-state index in [9.17, 15) is 22.8 Å². The molecule has 0 aromatic carbocycles. The van der Waals surface area contributed by atoms with E-state index in [1.807, 2.05) is 20.8 Å². The van der Waals surface area contributed by atoms with Gasteiger partial charge in [-0.2, -0.15) is 0 Å². The Kier molecular flexibility index (Phi) is 10.9. The number of sulfone groups is 1. The fourth-order valence-corrected chi connectivity index (χ4v) is 12.1. The van der Waals surface area contributed by atoms with Crippen LogP contribution in [0.25, 0.3) is 0 Å². The number of fused-ring (bicyclic) bond motifs is 1. The lowest BCUT2D eigenvalue weighted by Crippen LogP contribution is -2.60. The summed E-state index contributed by atoms with van der Waals surface area (Å²) in [4.78, 5) is 57.8. The number of carbonyl (C=O) groups is 4. The molecule has 1 saturated heterocycles. The third-order valence-corrected chi connectivity index (χ3v) is 16.8. The molecular formula is C39H63N3O6S. The lowest BCUT2D eigenvalue weighted by Gasteiger charge is -2.53. The monoisotopic (exact) mass is 701 g/mol. The Bertz CT molecular complexity index is 1400. The highest BCUT2D eigenvalue weighted by molar-refractivity contribution is 7.92. The molecule has 0 aromatic heterocycles. The number of nitrogens with one attached hydrogen (secondary N) is 2. The van der Waals surface area contributed by atoms with Gasteiger partial charge in [-0.1, -0.05) is 85.1 Å². The Morgan fingerprint density at radius 3 is 2.10 bits per heavy atom. The highest BCUT2D eigenvalue weighted by Crippen LogP contribution is 2.66. The van der Waals surface area contributed by atoms with E-state index >= 15 is 4.79 Å². The molecule has 5 rings (SSSR count). The molecule has 1 heterocycles. The maximum absolute atomic E-state index is 15.5. The predicted octanol–water partition coefficient (Wildman–Crippen LogP) is 5.77. The summed E-state index contributed by atoms with van der Waals surface area (Å²) in [5, 5.41) is 5.55. The number of ketones is 1. The van der Waals surface area contributed by atoms with Gasteiger partial charge in [-0.25, -0.2) is 8.42 Å². The molecular weight excluding hydrogens is 639 g/mol. The molecule has 0 radical (unpaired) electrons. The molecule has 2 N–H and O–H groups in total. The van der Waals surface area contributed by atoms with Crippen LogP contribution in [0.15, 0.2) is 12.7 Å². The zero-order valence-corrected chi connectivity index (χ0v) is 31.9. The second kappa shape index (κ2) is 14.1. The predicted molar refractivity (Wildman–Crippen MR) is 192 cm³/mol. The van der Waals surface area contributed by atoms with E-state index in [1.165, 1.54) is 6.08 Å². The van der Waals surface area contributed by atoms with Crippen molar-refractivity contribution in [2.24, 2.45) is 39.9 Å². The average Bonchev–Trinajstić information content (AvgIpc) is 3.90. The van der Waals surface area contributed by atoms with Gasteiger partial charge in [0.2, 0.25) is 17.6 Å². The molecule has 9 nitrogen and oxygen atoms in total. The van der Waals surface area contributed by atoms with E-state index in [4.69, 9.17) is 0 Å². The first kappa shape index (κ1) is 38.0. The fourth-order valence-electron chi connectivity index (χ4n) is 10.1. The van der Waals surface area contributed by atoms with Crippen LogP contribution in [0.3, 0.4) is 0 Å². The van der Waals surface area contributed by atoms with E-state index in [-0.39, 0.29) is 52.7 Å². The number of rotatable bonds is 15. The molecule has 10 heteroatoms. The van der Waals surface area contributed by atoms with Gasteiger partial charge in [-0.3, -0.25) is 19.2 Å². The smallest absolute Gasteiger partial charge is 0.289 e. The van der Waals surface area contributed by atoms with Crippen molar-refractivity contribution in [3.63, 3.8) is 0 Å². The zero-order valence-electron chi connectivity index (χ0n) is 31.1. The molecule has 4 saturated carbocycles. The normalized spacial score (nSPS) is 28.4. The number of nitrogens with zero attached hydrogens (tertiary/aromatic N) is 1. The highest BCUT2D eigenvalue weighted by atomic mass is 32.2. The maximum Gasteiger partial charge on any atom is 0.289 e. The molecule has 276 valence electrons. The van der Waals surface area contributed by atoms with E-state index in [2.05, 4.69) is 38.0 Å². The Morgan fingerprint density at radius 1 is 0.959 bits per heavy atom. The van der Waals surface area contributed by atoms with Crippen molar-refractivity contribution in [2.45, 2.75) is 148 Å². The van der Waals surface area contributed by atoms with E-state index in [0.29, 0.717) is 32.2 Å². The molecule has 49 heavy (non-hydrogen) atoms. The van der Waals surface area contributed by atoms with Gasteiger partial charge in [0, 0.05) is 13.1 Å². The lowest BCUT2D eigenvalue weighted by molar-refractivity contribution is -0.156. The summed E-state index contributed by atoms with van der Waals surface area (Å²) >= 11 is 0. The van der Waals surface area contributed by atoms with Crippen molar-refractivity contribution >= 4 is 33.3 Å². The fraction of sp³-hybridized carbons (Fsp3) is 0.846. The topological polar surface area (TPSA) is 130 Å². The molecule has 1 aliphatic heterocycles. The van der Waals surface area contributed by atoms with Crippen LogP contribution in [0, 0.1) is 39.9 Å². The second-order valence-electron chi connectivity index (χ2n) is 17.9. The van der Waals surface area contributed by atoms with Gasteiger partial charge in [0.25, 0.3) is 5.91 Å². The number of hydrogen-bond acceptors (Lipinski definition) is 6. The number of piperidine rings is 1. The Labute approximate surface area is 295 Å². The van der Waals surface area contributed by atoms with Gasteiger partial charge in [0.05, 0.1) is 22.5 Å². The molecule has 0 spiro atoms. The van der Waals surface area contributed by atoms with Crippen molar-refractivity contribution < 1.29 is 27.6 Å². The Hall–Kier alpha value is -2.23. The highest BCUT2D eigenvalue weighted by Gasteiger charge is 2.71. The SMILES string of the molecule is C=CCNC(=O)C(=O)C(CC1CC1)NC(=O)[C@@H]1C2C(CN1C(=O)C(C1(C)CCCCC1)C1(CS(=O)(=O)C(C)(C)CC)CCCCC1)C2(C)C. The van der Waals surface area contributed by atoms with Gasteiger partial charge >= 0.3 is 0 Å². The van der Waals surface area contributed by atoms with Gasteiger partial charge in [-0.15, -0.1) is 6.58 Å². The average molecular weight is 702 g/mol. The summed E-state index contributed by atoms with van der Waals surface area (Å²) in [5.74, 6) is -2.01. The summed E-state index contributed by atoms with van der Waals surface area (Å²) in [6, 6.07) is -1.72. The summed E-state index contributed by atoms with van der Waals surface area (Å²) in [6.07, 6.45) is 13.4. The number of Topliss-reactive ketones (excluding diaryl/α,β-unsaturated/α-hetero) is 1. The third kappa shape index (κ3) is 7.41. The second-order valence-corrected chi connectivity index (χ2v) is 20.6. The first-order valence-corrected chi connectivity index (χ1v) is 20.9. The summed E-state index contributed by atoms with van der Waals surface area (Å²) in [5.41, 5.74) is -1.23. The minimum Gasteiger partial charge on any atom is -0.346 e. The largest absolute Gasteiger partial charge is 0.346 e. The molecule has 0 bridgehead atoms. The number of likely N-dealkylation sites (tertiary alicyclic amines) is 1. The van der Waals surface area contributed by atoms with Crippen molar-refractivity contribution in [3.05, 3.63) is 12.7 Å². The molecule has 5 atom stereocenters. The molecule has 4 unspecified atom stereocenters. The van der Waals surface area contributed by atoms with Gasteiger partial charge in [0.1, 0.15) is 6.04 Å². The van der Waals surface area contributed by atoms with Crippen molar-refractivity contribution in [1.82, 2.24) is 15.5 Å². The summed E-state index contributed by atoms with van der Waals surface area (Å²) in [6.45, 7) is 16.2. The minimum absolute atomic E-state index is 0.00628. The van der Waals surface area contributed by atoms with Gasteiger partial charge in [-0.05, 0) is 86.4 Å². The standard InChI is InChI=1S/C39H63N3O6S/c1-8-22-40-34(45)31(43)28(23-26-16-17-26)41-33(44)30-29-27(37(29,5)6)24-42(30)35(46)32(38(7)18-12-10-13-19-38)39(20-14-11-15-21-39)25-49(47,48)36(3,4)9-2/h8,26-30,32H,1,9-25H2,2-7H3,(H,40,45)(H,41,44)/t27?,28?,29?,30-,32?/m0/s1. The quantitative estimate of drug-likeness (QED) is 0.165. The van der Waals surface area contributed by atoms with E-state index < -0.39 is 49.7 Å². The van der Waals surface area contributed by atoms with Crippen LogP contribution in [0.1, 0.15) is 131 Å². The van der Waals surface area contributed by atoms with Gasteiger partial charge in [0.15, 0.2) is 9.84 Å². The first-order chi connectivity index (χ1) is 22.9. The number of carbonyl (C=O) groups excluding carboxylic acids is 4. The molecule has 5 fully saturated rings. The van der Waals surface area contributed by atoms with Crippen LogP contribution < -0.4 is 10.6 Å².